The molecule has 0 saturated carbocycles. The molecule has 1 atom stereocenters. The summed E-state index contributed by atoms with van der Waals surface area (Å²) in [5, 5.41) is 0. The van der Waals surface area contributed by atoms with Crippen LogP contribution in [0.3, 0.4) is 0 Å². The predicted molar refractivity (Wildman–Crippen MR) is 51.2 cm³/mol. The summed E-state index contributed by atoms with van der Waals surface area (Å²) in [6.45, 7) is 1.82. The molecule has 1 amide bonds. The molecule has 78 valence electrons. The SMILES string of the molecule is COCCN(C)C(CN)CC(N)=O. The second kappa shape index (κ2) is 6.82. The summed E-state index contributed by atoms with van der Waals surface area (Å²) in [6, 6.07) is 0.0210. The number of carbonyl (C=O) groups is 1. The van der Waals surface area contributed by atoms with Gasteiger partial charge in [0.25, 0.3) is 0 Å². The van der Waals surface area contributed by atoms with Crippen molar-refractivity contribution in [2.75, 3.05) is 33.9 Å². The number of hydrogen-bond acceptors (Lipinski definition) is 4. The summed E-state index contributed by atoms with van der Waals surface area (Å²) >= 11 is 0. The van der Waals surface area contributed by atoms with E-state index < -0.39 is 0 Å². The molecule has 0 aromatic rings. The zero-order valence-electron chi connectivity index (χ0n) is 8.32. The van der Waals surface area contributed by atoms with Crippen molar-refractivity contribution in [2.45, 2.75) is 12.5 Å². The molecule has 0 aliphatic heterocycles. The van der Waals surface area contributed by atoms with Gasteiger partial charge in [0.2, 0.25) is 5.91 Å². The largest absolute Gasteiger partial charge is 0.383 e. The molecular formula is C8H19N3O2. The van der Waals surface area contributed by atoms with Crippen LogP contribution < -0.4 is 11.5 Å². The van der Waals surface area contributed by atoms with E-state index in [1.807, 2.05) is 11.9 Å². The van der Waals surface area contributed by atoms with Crippen molar-refractivity contribution in [1.82, 2.24) is 4.90 Å². The summed E-state index contributed by atoms with van der Waals surface area (Å²) in [4.78, 5) is 12.6. The van der Waals surface area contributed by atoms with Crippen LogP contribution in [0.15, 0.2) is 0 Å². The summed E-state index contributed by atoms with van der Waals surface area (Å²) in [6.07, 6.45) is 0.302. The van der Waals surface area contributed by atoms with E-state index in [0.29, 0.717) is 19.6 Å². The van der Waals surface area contributed by atoms with Crippen LogP contribution in [0.1, 0.15) is 6.42 Å². The van der Waals surface area contributed by atoms with E-state index in [9.17, 15) is 4.79 Å². The number of ether oxygens (including phenoxy) is 1. The fourth-order valence-electron chi connectivity index (χ4n) is 1.07. The average molecular weight is 189 g/mol. The van der Waals surface area contributed by atoms with Crippen LogP contribution in [0.5, 0.6) is 0 Å². The molecule has 5 nitrogen and oxygen atoms in total. The first kappa shape index (κ1) is 12.3. The minimum Gasteiger partial charge on any atom is -0.383 e. The molecule has 1 unspecified atom stereocenters. The van der Waals surface area contributed by atoms with Crippen molar-refractivity contribution in [1.29, 1.82) is 0 Å². The highest BCUT2D eigenvalue weighted by molar-refractivity contribution is 5.74. The lowest BCUT2D eigenvalue weighted by molar-refractivity contribution is -0.119. The summed E-state index contributed by atoms with van der Waals surface area (Å²) in [5.74, 6) is -0.320. The van der Waals surface area contributed by atoms with Crippen LogP contribution in [0.25, 0.3) is 0 Å². The maximum atomic E-state index is 10.7. The highest BCUT2D eigenvalue weighted by atomic mass is 16.5. The first-order valence-electron chi connectivity index (χ1n) is 4.29. The number of likely N-dealkylation sites (N-methyl/N-ethyl adjacent to an activating group) is 1. The third-order valence-corrected chi connectivity index (χ3v) is 1.98. The number of rotatable bonds is 7. The molecule has 0 aliphatic rings. The number of hydrogen-bond donors (Lipinski definition) is 2. The Morgan fingerprint density at radius 2 is 2.23 bits per heavy atom. The van der Waals surface area contributed by atoms with Gasteiger partial charge in [0.05, 0.1) is 6.61 Å². The zero-order valence-corrected chi connectivity index (χ0v) is 8.32. The van der Waals surface area contributed by atoms with Crippen molar-refractivity contribution < 1.29 is 9.53 Å². The van der Waals surface area contributed by atoms with Crippen LogP contribution in [0.2, 0.25) is 0 Å². The van der Waals surface area contributed by atoms with Crippen LogP contribution in [0, 0.1) is 0 Å². The van der Waals surface area contributed by atoms with Crippen LogP contribution in [-0.4, -0.2) is 50.7 Å². The number of primary amides is 1. The van der Waals surface area contributed by atoms with Crippen molar-refractivity contribution in [2.24, 2.45) is 11.5 Å². The minimum absolute atomic E-state index is 0.0210. The van der Waals surface area contributed by atoms with Gasteiger partial charge in [-0.3, -0.25) is 9.69 Å². The van der Waals surface area contributed by atoms with Gasteiger partial charge in [-0.05, 0) is 7.05 Å². The Balaban J connectivity index is 3.84. The molecule has 0 heterocycles. The molecule has 13 heavy (non-hydrogen) atoms. The Kier molecular flexibility index (Phi) is 6.48. The van der Waals surface area contributed by atoms with Gasteiger partial charge in [-0.15, -0.1) is 0 Å². The second-order valence-electron chi connectivity index (χ2n) is 3.03. The zero-order chi connectivity index (χ0) is 10.3. The second-order valence-corrected chi connectivity index (χ2v) is 3.03. The summed E-state index contributed by atoms with van der Waals surface area (Å²) < 4.78 is 4.91. The van der Waals surface area contributed by atoms with Crippen LogP contribution >= 0.6 is 0 Å². The van der Waals surface area contributed by atoms with Crippen molar-refractivity contribution in [3.8, 4) is 0 Å². The summed E-state index contributed by atoms with van der Waals surface area (Å²) in [7, 11) is 3.54. The van der Waals surface area contributed by atoms with Crippen LogP contribution in [0.4, 0.5) is 0 Å². The molecular weight excluding hydrogens is 170 g/mol. The lowest BCUT2D eigenvalue weighted by Crippen LogP contribution is -2.42. The standard InChI is InChI=1S/C8H19N3O2/c1-11(3-4-13-2)7(6-9)5-8(10)12/h7H,3-6,9H2,1-2H3,(H2,10,12). The van der Waals surface area contributed by atoms with Gasteiger partial charge in [0, 0.05) is 32.7 Å². The van der Waals surface area contributed by atoms with E-state index >= 15 is 0 Å². The lowest BCUT2D eigenvalue weighted by Gasteiger charge is -2.25. The highest BCUT2D eigenvalue weighted by Gasteiger charge is 2.14. The Hall–Kier alpha value is -0.650. The Morgan fingerprint density at radius 1 is 1.62 bits per heavy atom. The van der Waals surface area contributed by atoms with E-state index in [2.05, 4.69) is 0 Å². The number of nitrogens with two attached hydrogens (primary N) is 2. The molecule has 0 aromatic carbocycles. The van der Waals surface area contributed by atoms with Gasteiger partial charge < -0.3 is 16.2 Å². The predicted octanol–water partition coefficient (Wildman–Crippen LogP) is -1.23. The lowest BCUT2D eigenvalue weighted by atomic mass is 10.2. The van der Waals surface area contributed by atoms with E-state index in [-0.39, 0.29) is 11.9 Å². The van der Waals surface area contributed by atoms with Crippen molar-refractivity contribution in [3.63, 3.8) is 0 Å². The highest BCUT2D eigenvalue weighted by Crippen LogP contribution is 1.99. The molecule has 0 rings (SSSR count). The topological polar surface area (TPSA) is 81.6 Å². The maximum absolute atomic E-state index is 10.7. The first-order valence-corrected chi connectivity index (χ1v) is 4.29. The monoisotopic (exact) mass is 189 g/mol. The fraction of sp³-hybridized carbons (Fsp3) is 0.875. The van der Waals surface area contributed by atoms with E-state index in [4.69, 9.17) is 16.2 Å². The van der Waals surface area contributed by atoms with Gasteiger partial charge in [-0.2, -0.15) is 0 Å². The van der Waals surface area contributed by atoms with Crippen molar-refractivity contribution in [3.05, 3.63) is 0 Å². The smallest absolute Gasteiger partial charge is 0.219 e. The van der Waals surface area contributed by atoms with E-state index in [1.165, 1.54) is 0 Å². The van der Waals surface area contributed by atoms with Crippen LogP contribution in [-0.2, 0) is 9.53 Å². The van der Waals surface area contributed by atoms with Gasteiger partial charge in [0.15, 0.2) is 0 Å². The Morgan fingerprint density at radius 3 is 2.62 bits per heavy atom. The molecule has 0 aliphatic carbocycles. The normalized spacial score (nSPS) is 13.2. The molecule has 0 radical (unpaired) electrons. The molecule has 0 aromatic heterocycles. The van der Waals surface area contributed by atoms with Crippen molar-refractivity contribution >= 4 is 5.91 Å². The fourth-order valence-corrected chi connectivity index (χ4v) is 1.07. The molecule has 4 N–H and O–H groups in total. The molecule has 5 heteroatoms. The molecule has 0 fully saturated rings. The third-order valence-electron chi connectivity index (χ3n) is 1.98. The Bertz CT molecular complexity index is 152. The molecule has 0 bridgehead atoms. The minimum atomic E-state index is -0.320. The maximum Gasteiger partial charge on any atom is 0.219 e. The van der Waals surface area contributed by atoms with Gasteiger partial charge >= 0.3 is 0 Å². The summed E-state index contributed by atoms with van der Waals surface area (Å²) in [5.41, 5.74) is 10.6. The number of nitrogens with zero attached hydrogens (tertiary/aromatic N) is 1. The van der Waals surface area contributed by atoms with Gasteiger partial charge in [-0.25, -0.2) is 0 Å². The van der Waals surface area contributed by atoms with Gasteiger partial charge in [-0.1, -0.05) is 0 Å². The molecule has 0 saturated heterocycles. The van der Waals surface area contributed by atoms with Gasteiger partial charge in [0.1, 0.15) is 0 Å². The first-order chi connectivity index (χ1) is 6.11. The number of carbonyl (C=O) groups excluding carboxylic acids is 1. The molecule has 0 spiro atoms. The number of methoxy groups -OCH3 is 1. The Labute approximate surface area is 79.0 Å². The third kappa shape index (κ3) is 5.57. The van der Waals surface area contributed by atoms with E-state index in [1.54, 1.807) is 7.11 Å². The number of amides is 1. The van der Waals surface area contributed by atoms with E-state index in [0.717, 1.165) is 6.54 Å². The average Bonchev–Trinajstić information content (AvgIpc) is 2.09. The quantitative estimate of drug-likeness (QED) is 0.525.